The number of benzene rings is 1. The van der Waals surface area contributed by atoms with Gasteiger partial charge in [-0.25, -0.2) is 4.79 Å². The Hall–Kier alpha value is -1.77. The summed E-state index contributed by atoms with van der Waals surface area (Å²) in [6.45, 7) is 4.33. The molecule has 0 aliphatic carbocycles. The third-order valence-electron chi connectivity index (χ3n) is 2.76. The number of carbonyl (C=O) groups excluding carboxylic acids is 1. The number of esters is 1. The number of aromatic amines is 1. The third-order valence-corrected chi connectivity index (χ3v) is 2.76. The summed E-state index contributed by atoms with van der Waals surface area (Å²) in [5.74, 6) is -0.228. The van der Waals surface area contributed by atoms with Gasteiger partial charge in [-0.3, -0.25) is 0 Å². The van der Waals surface area contributed by atoms with Crippen LogP contribution in [-0.2, 0) is 11.2 Å². The molecule has 2 aromatic rings. The lowest BCUT2D eigenvalue weighted by atomic mass is 10.1. The highest BCUT2D eigenvalue weighted by molar-refractivity contribution is 6.05. The van der Waals surface area contributed by atoms with Gasteiger partial charge in [-0.05, 0) is 19.4 Å². The topological polar surface area (TPSA) is 42.1 Å². The highest BCUT2D eigenvalue weighted by Gasteiger charge is 2.18. The minimum absolute atomic E-state index is 0.228. The molecule has 0 aliphatic rings. The molecule has 0 atom stereocenters. The minimum atomic E-state index is -0.228. The van der Waals surface area contributed by atoms with Gasteiger partial charge in [-0.2, -0.15) is 0 Å². The number of aryl methyl sites for hydroxylation is 1. The Bertz CT molecular complexity index is 528. The van der Waals surface area contributed by atoms with Crippen molar-refractivity contribution in [2.24, 2.45) is 0 Å². The van der Waals surface area contributed by atoms with E-state index < -0.39 is 0 Å². The van der Waals surface area contributed by atoms with Gasteiger partial charge >= 0.3 is 5.97 Å². The Balaban J connectivity index is 2.55. The molecule has 0 radical (unpaired) electrons. The fraction of sp³-hybridized carbons (Fsp3) is 0.357. The first-order chi connectivity index (χ1) is 8.27. The van der Waals surface area contributed by atoms with Crippen molar-refractivity contribution in [2.75, 3.05) is 6.61 Å². The van der Waals surface area contributed by atoms with Crippen molar-refractivity contribution in [1.29, 1.82) is 0 Å². The SMILES string of the molecule is CCCc1[nH]c2ccccc2c1C(=O)OCC. The van der Waals surface area contributed by atoms with Crippen LogP contribution >= 0.6 is 0 Å². The zero-order valence-corrected chi connectivity index (χ0v) is 10.2. The number of para-hydroxylation sites is 1. The normalized spacial score (nSPS) is 10.7. The predicted molar refractivity (Wildman–Crippen MR) is 68.3 cm³/mol. The van der Waals surface area contributed by atoms with E-state index in [1.54, 1.807) is 0 Å². The third kappa shape index (κ3) is 2.18. The van der Waals surface area contributed by atoms with Crippen molar-refractivity contribution >= 4 is 16.9 Å². The van der Waals surface area contributed by atoms with Crippen molar-refractivity contribution in [2.45, 2.75) is 26.7 Å². The smallest absolute Gasteiger partial charge is 0.340 e. The number of ether oxygens (including phenoxy) is 1. The molecule has 1 aromatic heterocycles. The molecule has 2 rings (SSSR count). The zero-order valence-electron chi connectivity index (χ0n) is 10.2. The summed E-state index contributed by atoms with van der Waals surface area (Å²) < 4.78 is 5.12. The van der Waals surface area contributed by atoms with E-state index in [1.807, 2.05) is 31.2 Å². The lowest BCUT2D eigenvalue weighted by Crippen LogP contribution is -2.07. The molecule has 1 N–H and O–H groups in total. The Kier molecular flexibility index (Phi) is 3.47. The molecule has 1 heterocycles. The second kappa shape index (κ2) is 5.04. The van der Waals surface area contributed by atoms with Crippen molar-refractivity contribution in [3.8, 4) is 0 Å². The van der Waals surface area contributed by atoms with E-state index in [0.29, 0.717) is 12.2 Å². The summed E-state index contributed by atoms with van der Waals surface area (Å²) >= 11 is 0. The van der Waals surface area contributed by atoms with Crippen LogP contribution in [-0.4, -0.2) is 17.6 Å². The molecule has 3 heteroatoms. The van der Waals surface area contributed by atoms with E-state index in [1.165, 1.54) is 0 Å². The molecule has 0 unspecified atom stereocenters. The fourth-order valence-electron chi connectivity index (χ4n) is 2.07. The van der Waals surface area contributed by atoms with Gasteiger partial charge in [-0.15, -0.1) is 0 Å². The number of hydrogen-bond donors (Lipinski definition) is 1. The van der Waals surface area contributed by atoms with Gasteiger partial charge in [0.25, 0.3) is 0 Å². The first kappa shape index (κ1) is 11.7. The summed E-state index contributed by atoms with van der Waals surface area (Å²) in [7, 11) is 0. The first-order valence-electron chi connectivity index (χ1n) is 6.04. The first-order valence-corrected chi connectivity index (χ1v) is 6.04. The number of carbonyl (C=O) groups is 1. The van der Waals surface area contributed by atoms with Crippen molar-refractivity contribution < 1.29 is 9.53 Å². The van der Waals surface area contributed by atoms with E-state index in [2.05, 4.69) is 11.9 Å². The van der Waals surface area contributed by atoms with Crippen LogP contribution in [0.4, 0.5) is 0 Å². The fourth-order valence-corrected chi connectivity index (χ4v) is 2.07. The quantitative estimate of drug-likeness (QED) is 0.820. The highest BCUT2D eigenvalue weighted by atomic mass is 16.5. The van der Waals surface area contributed by atoms with Gasteiger partial charge in [0, 0.05) is 16.6 Å². The number of nitrogens with one attached hydrogen (secondary N) is 1. The largest absolute Gasteiger partial charge is 0.462 e. The number of H-pyrrole nitrogens is 1. The molecule has 0 spiro atoms. The lowest BCUT2D eigenvalue weighted by Gasteiger charge is -2.03. The number of rotatable bonds is 4. The maximum atomic E-state index is 12.0. The molecule has 0 aliphatic heterocycles. The lowest BCUT2D eigenvalue weighted by molar-refractivity contribution is 0.0527. The Morgan fingerprint density at radius 1 is 1.29 bits per heavy atom. The summed E-state index contributed by atoms with van der Waals surface area (Å²) in [5, 5.41) is 0.953. The Morgan fingerprint density at radius 3 is 2.76 bits per heavy atom. The average Bonchev–Trinajstić information content (AvgIpc) is 2.67. The molecule has 3 nitrogen and oxygen atoms in total. The van der Waals surface area contributed by atoms with Gasteiger partial charge in [-0.1, -0.05) is 31.5 Å². The minimum Gasteiger partial charge on any atom is -0.462 e. The Labute approximate surface area is 101 Å². The van der Waals surface area contributed by atoms with E-state index in [-0.39, 0.29) is 5.97 Å². The van der Waals surface area contributed by atoms with E-state index in [4.69, 9.17) is 4.74 Å². The van der Waals surface area contributed by atoms with Crippen LogP contribution in [0.2, 0.25) is 0 Å². The van der Waals surface area contributed by atoms with Gasteiger partial charge in [0.15, 0.2) is 0 Å². The molecular formula is C14H17NO2. The molecule has 90 valence electrons. The summed E-state index contributed by atoms with van der Waals surface area (Å²) in [5.41, 5.74) is 2.68. The zero-order chi connectivity index (χ0) is 12.3. The van der Waals surface area contributed by atoms with Crippen molar-refractivity contribution in [3.63, 3.8) is 0 Å². The molecule has 0 amide bonds. The van der Waals surface area contributed by atoms with Crippen LogP contribution < -0.4 is 0 Å². The van der Waals surface area contributed by atoms with E-state index >= 15 is 0 Å². The van der Waals surface area contributed by atoms with Gasteiger partial charge in [0.2, 0.25) is 0 Å². The van der Waals surface area contributed by atoms with Crippen LogP contribution in [0.15, 0.2) is 24.3 Å². The summed E-state index contributed by atoms with van der Waals surface area (Å²) in [6, 6.07) is 7.84. The van der Waals surface area contributed by atoms with Crippen LogP contribution in [0.3, 0.4) is 0 Å². The monoisotopic (exact) mass is 231 g/mol. The second-order valence-corrected chi connectivity index (χ2v) is 3.99. The van der Waals surface area contributed by atoms with Crippen LogP contribution in [0.25, 0.3) is 10.9 Å². The van der Waals surface area contributed by atoms with Crippen LogP contribution in [0, 0.1) is 0 Å². The molecule has 1 aromatic carbocycles. The van der Waals surface area contributed by atoms with Crippen molar-refractivity contribution in [3.05, 3.63) is 35.5 Å². The summed E-state index contributed by atoms with van der Waals surface area (Å²) in [6.07, 6.45) is 1.86. The number of aromatic nitrogens is 1. The maximum absolute atomic E-state index is 12.0. The molecule has 0 bridgehead atoms. The number of fused-ring (bicyclic) bond motifs is 1. The van der Waals surface area contributed by atoms with E-state index in [0.717, 1.165) is 29.4 Å². The van der Waals surface area contributed by atoms with Gasteiger partial charge < -0.3 is 9.72 Å². The molecule has 0 saturated carbocycles. The standard InChI is InChI=1S/C14H17NO2/c1-3-7-12-13(14(16)17-4-2)10-8-5-6-9-11(10)15-12/h5-6,8-9,15H,3-4,7H2,1-2H3. The number of hydrogen-bond acceptors (Lipinski definition) is 2. The van der Waals surface area contributed by atoms with E-state index in [9.17, 15) is 4.79 Å². The molecule has 17 heavy (non-hydrogen) atoms. The van der Waals surface area contributed by atoms with Crippen LogP contribution in [0.1, 0.15) is 36.3 Å². The predicted octanol–water partition coefficient (Wildman–Crippen LogP) is 3.30. The summed E-state index contributed by atoms with van der Waals surface area (Å²) in [4.78, 5) is 15.3. The molecule has 0 saturated heterocycles. The van der Waals surface area contributed by atoms with Gasteiger partial charge in [0.1, 0.15) is 0 Å². The Morgan fingerprint density at radius 2 is 2.06 bits per heavy atom. The second-order valence-electron chi connectivity index (χ2n) is 3.99. The van der Waals surface area contributed by atoms with Crippen LogP contribution in [0.5, 0.6) is 0 Å². The average molecular weight is 231 g/mol. The highest BCUT2D eigenvalue weighted by Crippen LogP contribution is 2.24. The molecular weight excluding hydrogens is 214 g/mol. The maximum Gasteiger partial charge on any atom is 0.340 e. The van der Waals surface area contributed by atoms with Crippen molar-refractivity contribution in [1.82, 2.24) is 4.98 Å². The van der Waals surface area contributed by atoms with Gasteiger partial charge in [0.05, 0.1) is 12.2 Å². The molecule has 0 fully saturated rings.